The van der Waals surface area contributed by atoms with E-state index in [0.29, 0.717) is 17.1 Å². The van der Waals surface area contributed by atoms with Gasteiger partial charge in [0.2, 0.25) is 10.0 Å². The van der Waals surface area contributed by atoms with Crippen LogP contribution in [0.4, 0.5) is 4.79 Å². The number of furan rings is 1. The molecule has 118 valence electrons. The summed E-state index contributed by atoms with van der Waals surface area (Å²) in [5, 5.41) is 6.77. The predicted molar refractivity (Wildman–Crippen MR) is 84.6 cm³/mol. The van der Waals surface area contributed by atoms with Crippen molar-refractivity contribution in [2.45, 2.75) is 4.90 Å². The molecule has 2 aromatic rings. The van der Waals surface area contributed by atoms with Gasteiger partial charge in [-0.25, -0.2) is 13.6 Å². The number of primary sulfonamides is 1. The van der Waals surface area contributed by atoms with E-state index in [0.717, 1.165) is 11.8 Å². The van der Waals surface area contributed by atoms with Crippen LogP contribution in [0.5, 0.6) is 0 Å². The van der Waals surface area contributed by atoms with Gasteiger partial charge in [-0.3, -0.25) is 14.9 Å². The Hall–Kier alpha value is -2.36. The number of rotatable bonds is 3. The fourth-order valence-corrected chi connectivity index (χ4v) is 3.12. The number of amides is 2. The first-order valence-corrected chi connectivity index (χ1v) is 8.67. The third-order valence-corrected chi connectivity index (χ3v) is 4.75. The van der Waals surface area contributed by atoms with Gasteiger partial charge in [0.25, 0.3) is 11.1 Å². The van der Waals surface area contributed by atoms with Gasteiger partial charge < -0.3 is 4.42 Å². The average molecular weight is 350 g/mol. The third kappa shape index (κ3) is 3.36. The number of imide groups is 1. The van der Waals surface area contributed by atoms with Gasteiger partial charge in [0, 0.05) is 11.6 Å². The molecule has 2 amide bonds. The van der Waals surface area contributed by atoms with Crippen LogP contribution in [-0.2, 0) is 14.8 Å². The summed E-state index contributed by atoms with van der Waals surface area (Å²) in [6, 6.07) is 9.21. The van der Waals surface area contributed by atoms with E-state index in [9.17, 15) is 18.0 Å². The zero-order valence-electron chi connectivity index (χ0n) is 11.5. The minimum Gasteiger partial charge on any atom is -0.457 e. The Morgan fingerprint density at radius 3 is 2.35 bits per heavy atom. The molecule has 1 aromatic carbocycles. The molecule has 1 aliphatic heterocycles. The van der Waals surface area contributed by atoms with E-state index in [-0.39, 0.29) is 9.80 Å². The van der Waals surface area contributed by atoms with E-state index in [1.165, 1.54) is 18.2 Å². The highest BCUT2D eigenvalue weighted by molar-refractivity contribution is 8.18. The van der Waals surface area contributed by atoms with E-state index in [4.69, 9.17) is 9.56 Å². The molecule has 1 saturated heterocycles. The van der Waals surface area contributed by atoms with Crippen molar-refractivity contribution in [2.75, 3.05) is 0 Å². The van der Waals surface area contributed by atoms with Gasteiger partial charge in [-0.15, -0.1) is 0 Å². The van der Waals surface area contributed by atoms with Crippen LogP contribution in [0.1, 0.15) is 5.76 Å². The molecule has 0 saturated carbocycles. The third-order valence-electron chi connectivity index (χ3n) is 3.01. The van der Waals surface area contributed by atoms with Crippen LogP contribution < -0.4 is 10.5 Å². The van der Waals surface area contributed by atoms with Gasteiger partial charge >= 0.3 is 0 Å². The first-order valence-electron chi connectivity index (χ1n) is 6.31. The highest BCUT2D eigenvalue weighted by Crippen LogP contribution is 2.28. The molecule has 0 aliphatic carbocycles. The first kappa shape index (κ1) is 15.5. The van der Waals surface area contributed by atoms with Gasteiger partial charge in [0.1, 0.15) is 11.5 Å². The molecule has 0 bridgehead atoms. The maximum atomic E-state index is 11.5. The number of carbonyl (C=O) groups is 2. The van der Waals surface area contributed by atoms with Crippen LogP contribution >= 0.6 is 11.8 Å². The van der Waals surface area contributed by atoms with E-state index in [1.54, 1.807) is 24.3 Å². The Balaban J connectivity index is 1.86. The molecule has 1 fully saturated rings. The number of benzene rings is 1. The maximum absolute atomic E-state index is 11.5. The Morgan fingerprint density at radius 1 is 1.09 bits per heavy atom. The number of hydrogen-bond acceptors (Lipinski definition) is 6. The molecule has 0 unspecified atom stereocenters. The quantitative estimate of drug-likeness (QED) is 0.816. The predicted octanol–water partition coefficient (Wildman–Crippen LogP) is 1.92. The van der Waals surface area contributed by atoms with E-state index in [1.807, 2.05) is 0 Å². The highest BCUT2D eigenvalue weighted by Gasteiger charge is 2.25. The molecule has 2 heterocycles. The fraction of sp³-hybridized carbons (Fsp3) is 0. The summed E-state index contributed by atoms with van der Waals surface area (Å²) >= 11 is 0.799. The highest BCUT2D eigenvalue weighted by atomic mass is 32.2. The van der Waals surface area contributed by atoms with Gasteiger partial charge in [-0.1, -0.05) is 0 Å². The minimum atomic E-state index is -3.74. The van der Waals surface area contributed by atoms with Gasteiger partial charge in [0.15, 0.2) is 0 Å². The number of thioether (sulfide) groups is 1. The van der Waals surface area contributed by atoms with Crippen molar-refractivity contribution in [3.8, 4) is 11.3 Å². The summed E-state index contributed by atoms with van der Waals surface area (Å²) in [6.07, 6.45) is 1.47. The summed E-state index contributed by atoms with van der Waals surface area (Å²) in [5.41, 5.74) is 0.654. The van der Waals surface area contributed by atoms with Crippen molar-refractivity contribution in [3.63, 3.8) is 0 Å². The second kappa shape index (κ2) is 5.69. The van der Waals surface area contributed by atoms with E-state index >= 15 is 0 Å². The first-order chi connectivity index (χ1) is 10.8. The molecular weight excluding hydrogens is 340 g/mol. The van der Waals surface area contributed by atoms with Crippen molar-refractivity contribution in [1.29, 1.82) is 0 Å². The van der Waals surface area contributed by atoms with Crippen LogP contribution in [0, 0.1) is 0 Å². The van der Waals surface area contributed by atoms with Crippen LogP contribution in [0.3, 0.4) is 0 Å². The molecule has 0 atom stereocenters. The lowest BCUT2D eigenvalue weighted by molar-refractivity contribution is -0.115. The largest absolute Gasteiger partial charge is 0.457 e. The summed E-state index contributed by atoms with van der Waals surface area (Å²) in [6.45, 7) is 0. The molecule has 7 nitrogen and oxygen atoms in total. The molecule has 3 N–H and O–H groups in total. The SMILES string of the molecule is NS(=O)(=O)c1ccc(-c2ccc(/C=C3\SC(=O)NC3=O)o2)cc1. The molecule has 9 heteroatoms. The van der Waals surface area contributed by atoms with Crippen LogP contribution in [-0.4, -0.2) is 19.6 Å². The van der Waals surface area contributed by atoms with Gasteiger partial charge in [0.05, 0.1) is 9.80 Å². The van der Waals surface area contributed by atoms with Gasteiger partial charge in [-0.2, -0.15) is 0 Å². The number of nitrogens with one attached hydrogen (secondary N) is 1. The summed E-state index contributed by atoms with van der Waals surface area (Å²) in [4.78, 5) is 22.8. The Labute approximate surface area is 135 Å². The van der Waals surface area contributed by atoms with Crippen molar-refractivity contribution in [2.24, 2.45) is 5.14 Å². The number of nitrogens with two attached hydrogens (primary N) is 1. The van der Waals surface area contributed by atoms with Crippen molar-refractivity contribution < 1.29 is 22.4 Å². The Morgan fingerprint density at radius 2 is 1.78 bits per heavy atom. The van der Waals surface area contributed by atoms with E-state index < -0.39 is 21.2 Å². The standard InChI is InChI=1S/C14H10N2O5S2/c15-23(19,20)10-4-1-8(2-5-10)11-6-3-9(21-11)7-12-13(17)16-14(18)22-12/h1-7H,(H2,15,19,20)(H,16,17,18)/b12-7-. The number of sulfonamides is 1. The Kier molecular flexibility index (Phi) is 3.84. The molecule has 1 aromatic heterocycles. The van der Waals surface area contributed by atoms with Crippen molar-refractivity contribution >= 4 is 39.0 Å². The smallest absolute Gasteiger partial charge is 0.290 e. The molecule has 0 spiro atoms. The topological polar surface area (TPSA) is 119 Å². The zero-order valence-corrected chi connectivity index (χ0v) is 13.1. The average Bonchev–Trinajstić information content (AvgIpc) is 3.06. The minimum absolute atomic E-state index is 0.00712. The molecule has 0 radical (unpaired) electrons. The van der Waals surface area contributed by atoms with Crippen LogP contribution in [0.2, 0.25) is 0 Å². The lowest BCUT2D eigenvalue weighted by Gasteiger charge is -2.00. The normalized spacial score (nSPS) is 16.8. The Bertz CT molecular complexity index is 926. The molecule has 1 aliphatic rings. The fourth-order valence-electron chi connectivity index (χ4n) is 1.94. The summed E-state index contributed by atoms with van der Waals surface area (Å²) in [7, 11) is -3.74. The molecular formula is C14H10N2O5S2. The summed E-state index contributed by atoms with van der Waals surface area (Å²) < 4.78 is 28.0. The molecule has 3 rings (SSSR count). The maximum Gasteiger partial charge on any atom is 0.290 e. The van der Waals surface area contributed by atoms with Crippen molar-refractivity contribution in [3.05, 3.63) is 47.1 Å². The lowest BCUT2D eigenvalue weighted by Crippen LogP contribution is -2.17. The number of hydrogen-bond donors (Lipinski definition) is 2. The molecule has 23 heavy (non-hydrogen) atoms. The second-order valence-electron chi connectivity index (χ2n) is 4.62. The van der Waals surface area contributed by atoms with Crippen LogP contribution in [0.25, 0.3) is 17.4 Å². The zero-order chi connectivity index (χ0) is 16.6. The monoisotopic (exact) mass is 350 g/mol. The summed E-state index contributed by atoms with van der Waals surface area (Å²) in [5.74, 6) is 0.436. The van der Waals surface area contributed by atoms with Gasteiger partial charge in [-0.05, 0) is 48.2 Å². The van der Waals surface area contributed by atoms with E-state index in [2.05, 4.69) is 5.32 Å². The second-order valence-corrected chi connectivity index (χ2v) is 7.20. The number of carbonyl (C=O) groups excluding carboxylic acids is 2. The van der Waals surface area contributed by atoms with Crippen LogP contribution in [0.15, 0.2) is 50.6 Å². The van der Waals surface area contributed by atoms with Crippen molar-refractivity contribution in [1.82, 2.24) is 5.32 Å². The lowest BCUT2D eigenvalue weighted by atomic mass is 10.2.